The lowest BCUT2D eigenvalue weighted by Gasteiger charge is -2.27. The van der Waals surface area contributed by atoms with Gasteiger partial charge in [-0.2, -0.15) is 0 Å². The van der Waals surface area contributed by atoms with Gasteiger partial charge in [0, 0.05) is 23.9 Å². The van der Waals surface area contributed by atoms with E-state index in [0.717, 1.165) is 18.8 Å². The molecular weight excluding hydrogens is 244 g/mol. The van der Waals surface area contributed by atoms with Gasteiger partial charge in [-0.25, -0.2) is 4.98 Å². The van der Waals surface area contributed by atoms with Crippen LogP contribution >= 0.6 is 11.3 Å². The summed E-state index contributed by atoms with van der Waals surface area (Å²) in [5.74, 6) is 0. The van der Waals surface area contributed by atoms with Gasteiger partial charge in [0.2, 0.25) is 0 Å². The minimum atomic E-state index is -0.654. The second-order valence-electron chi connectivity index (χ2n) is 6.51. The maximum Gasteiger partial charge on any atom is 0.0982 e. The summed E-state index contributed by atoms with van der Waals surface area (Å²) < 4.78 is 0. The molecule has 0 aliphatic rings. The molecule has 0 saturated carbocycles. The van der Waals surface area contributed by atoms with Gasteiger partial charge in [0.1, 0.15) is 0 Å². The zero-order chi connectivity index (χ0) is 14.0. The Labute approximate surface area is 115 Å². The third-order valence-electron chi connectivity index (χ3n) is 2.64. The minimum absolute atomic E-state index is 0.121. The second kappa shape index (κ2) is 5.68. The van der Waals surface area contributed by atoms with Crippen molar-refractivity contribution in [2.75, 3.05) is 13.1 Å². The van der Waals surface area contributed by atoms with Crippen molar-refractivity contribution in [3.8, 4) is 0 Å². The first-order chi connectivity index (χ1) is 8.12. The first-order valence-corrected chi connectivity index (χ1v) is 7.39. The van der Waals surface area contributed by atoms with E-state index in [1.54, 1.807) is 11.3 Å². The molecule has 104 valence electrons. The first-order valence-electron chi connectivity index (χ1n) is 6.51. The van der Waals surface area contributed by atoms with E-state index in [0.29, 0.717) is 6.54 Å². The standard InChI is InChI=1S/C14H26N2OS/c1-7-16(10-14(5,6)17)8-11-9-18-12(15-11)13(2,3)4/h9,17H,7-8,10H2,1-6H3. The Morgan fingerprint density at radius 3 is 2.28 bits per heavy atom. The lowest BCUT2D eigenvalue weighted by Crippen LogP contribution is -2.38. The predicted octanol–water partition coefficient (Wildman–Crippen LogP) is 3.03. The number of rotatable bonds is 5. The van der Waals surface area contributed by atoms with Crippen molar-refractivity contribution in [2.24, 2.45) is 0 Å². The average molecular weight is 270 g/mol. The molecule has 3 nitrogen and oxygen atoms in total. The largest absolute Gasteiger partial charge is 0.389 e. The van der Waals surface area contributed by atoms with E-state index in [1.165, 1.54) is 5.01 Å². The summed E-state index contributed by atoms with van der Waals surface area (Å²) in [6, 6.07) is 0. The van der Waals surface area contributed by atoms with Crippen LogP contribution in [0.15, 0.2) is 5.38 Å². The highest BCUT2D eigenvalue weighted by Crippen LogP contribution is 2.26. The van der Waals surface area contributed by atoms with Crippen molar-refractivity contribution in [2.45, 2.75) is 59.1 Å². The van der Waals surface area contributed by atoms with Crippen LogP contribution in [0.25, 0.3) is 0 Å². The van der Waals surface area contributed by atoms with E-state index in [9.17, 15) is 5.11 Å². The Bertz CT molecular complexity index is 374. The lowest BCUT2D eigenvalue weighted by molar-refractivity contribution is 0.0350. The molecule has 0 unspecified atom stereocenters. The summed E-state index contributed by atoms with van der Waals surface area (Å²) in [4.78, 5) is 6.92. The van der Waals surface area contributed by atoms with E-state index in [2.05, 4.69) is 38.0 Å². The zero-order valence-electron chi connectivity index (χ0n) is 12.4. The number of thiazole rings is 1. The van der Waals surface area contributed by atoms with Crippen LogP contribution in [-0.4, -0.2) is 33.7 Å². The quantitative estimate of drug-likeness (QED) is 0.893. The summed E-state index contributed by atoms with van der Waals surface area (Å²) in [6.07, 6.45) is 0. The summed E-state index contributed by atoms with van der Waals surface area (Å²) in [7, 11) is 0. The Kier molecular flexibility index (Phi) is 4.92. The molecule has 1 N–H and O–H groups in total. The van der Waals surface area contributed by atoms with Gasteiger partial charge in [-0.15, -0.1) is 11.3 Å². The van der Waals surface area contributed by atoms with Crippen molar-refractivity contribution >= 4 is 11.3 Å². The molecule has 18 heavy (non-hydrogen) atoms. The van der Waals surface area contributed by atoms with Gasteiger partial charge in [0.05, 0.1) is 16.3 Å². The molecule has 1 rings (SSSR count). The molecule has 0 saturated heterocycles. The fourth-order valence-electron chi connectivity index (χ4n) is 1.78. The van der Waals surface area contributed by atoms with Crippen LogP contribution < -0.4 is 0 Å². The summed E-state index contributed by atoms with van der Waals surface area (Å²) in [6.45, 7) is 14.8. The highest BCUT2D eigenvalue weighted by Gasteiger charge is 2.21. The highest BCUT2D eigenvalue weighted by atomic mass is 32.1. The van der Waals surface area contributed by atoms with Crippen molar-refractivity contribution in [1.82, 2.24) is 9.88 Å². The number of hydrogen-bond donors (Lipinski definition) is 1. The summed E-state index contributed by atoms with van der Waals surface area (Å²) in [5, 5.41) is 13.2. The van der Waals surface area contributed by atoms with Crippen molar-refractivity contribution < 1.29 is 5.11 Å². The van der Waals surface area contributed by atoms with Gasteiger partial charge in [-0.05, 0) is 20.4 Å². The van der Waals surface area contributed by atoms with E-state index >= 15 is 0 Å². The number of aromatic nitrogens is 1. The molecule has 0 spiro atoms. The molecule has 1 aromatic heterocycles. The number of hydrogen-bond acceptors (Lipinski definition) is 4. The number of aliphatic hydroxyl groups is 1. The molecule has 1 aromatic rings. The SMILES string of the molecule is CCN(Cc1csc(C(C)(C)C)n1)CC(C)(C)O. The average Bonchev–Trinajstić information content (AvgIpc) is 2.62. The molecule has 0 radical (unpaired) electrons. The Morgan fingerprint density at radius 1 is 1.28 bits per heavy atom. The normalized spacial score (nSPS) is 13.3. The zero-order valence-corrected chi connectivity index (χ0v) is 13.3. The van der Waals surface area contributed by atoms with Crippen molar-refractivity contribution in [3.63, 3.8) is 0 Å². The molecule has 0 bridgehead atoms. The minimum Gasteiger partial charge on any atom is -0.389 e. The lowest BCUT2D eigenvalue weighted by atomic mass is 9.98. The molecule has 0 atom stereocenters. The van der Waals surface area contributed by atoms with E-state index in [-0.39, 0.29) is 5.41 Å². The fraction of sp³-hybridized carbons (Fsp3) is 0.786. The van der Waals surface area contributed by atoms with Gasteiger partial charge < -0.3 is 5.11 Å². The van der Waals surface area contributed by atoms with E-state index < -0.39 is 5.60 Å². The van der Waals surface area contributed by atoms with Crippen molar-refractivity contribution in [1.29, 1.82) is 0 Å². The van der Waals surface area contributed by atoms with Crippen LogP contribution in [0, 0.1) is 0 Å². The Hall–Kier alpha value is -0.450. The molecule has 0 aliphatic carbocycles. The van der Waals surface area contributed by atoms with Gasteiger partial charge in [-0.3, -0.25) is 4.90 Å². The maximum absolute atomic E-state index is 9.87. The molecule has 0 fully saturated rings. The molecule has 1 heterocycles. The maximum atomic E-state index is 9.87. The van der Waals surface area contributed by atoms with Crippen LogP contribution in [0.4, 0.5) is 0 Å². The van der Waals surface area contributed by atoms with Gasteiger partial charge >= 0.3 is 0 Å². The Morgan fingerprint density at radius 2 is 1.89 bits per heavy atom. The Balaban J connectivity index is 2.68. The fourth-order valence-corrected chi connectivity index (χ4v) is 2.68. The van der Waals surface area contributed by atoms with Crippen LogP contribution in [-0.2, 0) is 12.0 Å². The van der Waals surface area contributed by atoms with Crippen LogP contribution in [0.3, 0.4) is 0 Å². The number of likely N-dealkylation sites (N-methyl/N-ethyl adjacent to an activating group) is 1. The smallest absolute Gasteiger partial charge is 0.0982 e. The third kappa shape index (κ3) is 5.04. The van der Waals surface area contributed by atoms with Crippen LogP contribution in [0.1, 0.15) is 52.2 Å². The highest BCUT2D eigenvalue weighted by molar-refractivity contribution is 7.09. The van der Waals surface area contributed by atoms with E-state index in [4.69, 9.17) is 4.98 Å². The van der Waals surface area contributed by atoms with Crippen molar-refractivity contribution in [3.05, 3.63) is 16.1 Å². The topological polar surface area (TPSA) is 36.4 Å². The van der Waals surface area contributed by atoms with Crippen LogP contribution in [0.2, 0.25) is 0 Å². The second-order valence-corrected chi connectivity index (χ2v) is 7.37. The van der Waals surface area contributed by atoms with E-state index in [1.807, 2.05) is 13.8 Å². The predicted molar refractivity (Wildman–Crippen MR) is 78.1 cm³/mol. The molecule has 0 aliphatic heterocycles. The molecule has 4 heteroatoms. The van der Waals surface area contributed by atoms with Gasteiger partial charge in [0.15, 0.2) is 0 Å². The van der Waals surface area contributed by atoms with Gasteiger partial charge in [-0.1, -0.05) is 27.7 Å². The summed E-state index contributed by atoms with van der Waals surface area (Å²) in [5.41, 5.74) is 0.575. The van der Waals surface area contributed by atoms with Crippen LogP contribution in [0.5, 0.6) is 0 Å². The monoisotopic (exact) mass is 270 g/mol. The third-order valence-corrected chi connectivity index (χ3v) is 3.95. The molecular formula is C14H26N2OS. The molecule has 0 amide bonds. The molecule has 0 aromatic carbocycles. The first kappa shape index (κ1) is 15.6. The van der Waals surface area contributed by atoms with Gasteiger partial charge in [0.25, 0.3) is 0 Å². The number of nitrogens with zero attached hydrogens (tertiary/aromatic N) is 2. The summed E-state index contributed by atoms with van der Waals surface area (Å²) >= 11 is 1.73.